The van der Waals surface area contributed by atoms with Crippen molar-refractivity contribution in [3.05, 3.63) is 94.0 Å². The number of hydrogen-bond acceptors (Lipinski definition) is 5. The molecule has 3 aromatic carbocycles. The maximum absolute atomic E-state index is 12.6. The van der Waals surface area contributed by atoms with E-state index < -0.39 is 0 Å². The Hall–Kier alpha value is -3.55. The van der Waals surface area contributed by atoms with E-state index in [0.717, 1.165) is 55.0 Å². The molecular weight excluding hydrogens is 526 g/mol. The van der Waals surface area contributed by atoms with E-state index in [1.165, 1.54) is 5.56 Å². The third-order valence-electron chi connectivity index (χ3n) is 7.41. The molecule has 2 amide bonds. The molecule has 0 aliphatic carbocycles. The summed E-state index contributed by atoms with van der Waals surface area (Å²) in [5.41, 5.74) is 3.72. The van der Waals surface area contributed by atoms with Gasteiger partial charge in [-0.1, -0.05) is 41.9 Å². The second-order valence-corrected chi connectivity index (χ2v) is 10.7. The fraction of sp³-hybridized carbons (Fsp3) is 0.375. The quantitative estimate of drug-likeness (QED) is 0.300. The molecule has 0 radical (unpaired) electrons. The number of nitrogens with one attached hydrogen (secondary N) is 2. The summed E-state index contributed by atoms with van der Waals surface area (Å²) in [4.78, 5) is 27.5. The van der Waals surface area contributed by atoms with Crippen molar-refractivity contribution in [2.24, 2.45) is 5.92 Å². The maximum atomic E-state index is 12.6. The number of rotatable bonds is 12. The van der Waals surface area contributed by atoms with Crippen LogP contribution in [-0.2, 0) is 24.4 Å². The normalized spacial score (nSPS) is 14.0. The minimum absolute atomic E-state index is 0.0698. The molecule has 1 aliphatic heterocycles. The molecule has 0 atom stereocenters. The second kappa shape index (κ2) is 14.7. The number of nitrogens with zero attached hydrogens (tertiary/aromatic N) is 1. The van der Waals surface area contributed by atoms with Crippen LogP contribution in [0.3, 0.4) is 0 Å². The van der Waals surface area contributed by atoms with Crippen molar-refractivity contribution in [3.8, 4) is 11.5 Å². The summed E-state index contributed by atoms with van der Waals surface area (Å²) in [5.74, 6) is 1.76. The first kappa shape index (κ1) is 29.4. The molecule has 4 rings (SSSR count). The predicted octanol–water partition coefficient (Wildman–Crippen LogP) is 5.60. The number of amides is 2. The van der Waals surface area contributed by atoms with Crippen LogP contribution in [0.2, 0.25) is 5.02 Å². The highest BCUT2D eigenvalue weighted by Crippen LogP contribution is 2.27. The van der Waals surface area contributed by atoms with Crippen LogP contribution in [0.4, 0.5) is 0 Å². The number of halogens is 1. The summed E-state index contributed by atoms with van der Waals surface area (Å²) >= 11 is 5.98. The van der Waals surface area contributed by atoms with Gasteiger partial charge in [-0.2, -0.15) is 0 Å². The molecule has 1 aliphatic rings. The summed E-state index contributed by atoms with van der Waals surface area (Å²) < 4.78 is 10.6. The first-order chi connectivity index (χ1) is 19.4. The average Bonchev–Trinajstić information content (AvgIpc) is 2.99. The Morgan fingerprint density at radius 3 is 2.12 bits per heavy atom. The third-order valence-corrected chi connectivity index (χ3v) is 7.67. The number of benzene rings is 3. The zero-order chi connectivity index (χ0) is 28.3. The molecule has 1 saturated heterocycles. The zero-order valence-corrected chi connectivity index (χ0v) is 24.0. The Bertz CT molecular complexity index is 1260. The van der Waals surface area contributed by atoms with Gasteiger partial charge in [0, 0.05) is 36.6 Å². The summed E-state index contributed by atoms with van der Waals surface area (Å²) in [5, 5.41) is 6.71. The van der Waals surface area contributed by atoms with Crippen molar-refractivity contribution in [2.45, 2.75) is 45.3 Å². The van der Waals surface area contributed by atoms with Crippen LogP contribution in [0.5, 0.6) is 11.5 Å². The van der Waals surface area contributed by atoms with Gasteiger partial charge >= 0.3 is 0 Å². The van der Waals surface area contributed by atoms with Gasteiger partial charge in [0.05, 0.1) is 14.2 Å². The topological polar surface area (TPSA) is 79.9 Å². The van der Waals surface area contributed by atoms with Crippen molar-refractivity contribution in [3.63, 3.8) is 0 Å². The van der Waals surface area contributed by atoms with Gasteiger partial charge in [0.25, 0.3) is 5.91 Å². The molecule has 40 heavy (non-hydrogen) atoms. The van der Waals surface area contributed by atoms with E-state index in [0.29, 0.717) is 42.5 Å². The zero-order valence-electron chi connectivity index (χ0n) is 23.3. The highest BCUT2D eigenvalue weighted by molar-refractivity contribution is 6.30. The molecule has 0 aromatic heterocycles. The van der Waals surface area contributed by atoms with Crippen LogP contribution in [0.25, 0.3) is 0 Å². The number of piperidine rings is 1. The van der Waals surface area contributed by atoms with Crippen molar-refractivity contribution in [1.82, 2.24) is 15.5 Å². The van der Waals surface area contributed by atoms with Crippen molar-refractivity contribution < 1.29 is 19.1 Å². The van der Waals surface area contributed by atoms with E-state index in [4.69, 9.17) is 21.1 Å². The summed E-state index contributed by atoms with van der Waals surface area (Å²) in [6, 6.07) is 20.9. The molecular formula is C32H38ClN3O4. The van der Waals surface area contributed by atoms with Gasteiger partial charge in [-0.3, -0.25) is 14.5 Å². The molecule has 0 unspecified atom stereocenters. The number of carbonyl (C=O) groups excluding carboxylic acids is 2. The number of methoxy groups -OCH3 is 2. The highest BCUT2D eigenvalue weighted by Gasteiger charge is 2.20. The largest absolute Gasteiger partial charge is 0.493 e. The standard InChI is InChI=1S/C32H38ClN3O4/c1-39-29-13-7-26(19-30(29)40-2)21-35-32(38)27-9-3-24(4-10-27)20-34-31(37)14-8-23-15-17-36(18-16-23)22-25-5-11-28(33)12-6-25/h3-7,9-13,19,23H,8,14-18,20-22H2,1-2H3,(H,34,37)(H,35,38). The van der Waals surface area contributed by atoms with Crippen molar-refractivity contribution in [2.75, 3.05) is 27.3 Å². The van der Waals surface area contributed by atoms with Gasteiger partial charge in [-0.05, 0) is 91.4 Å². The smallest absolute Gasteiger partial charge is 0.251 e. The van der Waals surface area contributed by atoms with Crippen LogP contribution >= 0.6 is 11.6 Å². The fourth-order valence-electron chi connectivity index (χ4n) is 4.95. The Morgan fingerprint density at radius 2 is 1.45 bits per heavy atom. The summed E-state index contributed by atoms with van der Waals surface area (Å²) in [6.07, 6.45) is 3.70. The average molecular weight is 564 g/mol. The number of ether oxygens (including phenoxy) is 2. The molecule has 3 aromatic rings. The fourth-order valence-corrected chi connectivity index (χ4v) is 5.08. The Labute approximate surface area is 241 Å². The Morgan fingerprint density at radius 1 is 0.825 bits per heavy atom. The van der Waals surface area contributed by atoms with Crippen molar-refractivity contribution >= 4 is 23.4 Å². The minimum atomic E-state index is -0.162. The molecule has 8 heteroatoms. The minimum Gasteiger partial charge on any atom is -0.493 e. The molecule has 1 fully saturated rings. The van der Waals surface area contributed by atoms with Crippen LogP contribution in [0, 0.1) is 5.92 Å². The van der Waals surface area contributed by atoms with E-state index in [1.54, 1.807) is 26.4 Å². The van der Waals surface area contributed by atoms with E-state index >= 15 is 0 Å². The van der Waals surface area contributed by atoms with Crippen LogP contribution in [-0.4, -0.2) is 44.0 Å². The van der Waals surface area contributed by atoms with Gasteiger partial charge in [0.1, 0.15) is 0 Å². The van der Waals surface area contributed by atoms with Crippen LogP contribution < -0.4 is 20.1 Å². The lowest BCUT2D eigenvalue weighted by molar-refractivity contribution is -0.121. The van der Waals surface area contributed by atoms with Gasteiger partial charge in [0.15, 0.2) is 11.5 Å². The van der Waals surface area contributed by atoms with E-state index in [9.17, 15) is 9.59 Å². The highest BCUT2D eigenvalue weighted by atomic mass is 35.5. The monoisotopic (exact) mass is 563 g/mol. The first-order valence-corrected chi connectivity index (χ1v) is 14.1. The van der Waals surface area contributed by atoms with Crippen molar-refractivity contribution in [1.29, 1.82) is 0 Å². The molecule has 0 saturated carbocycles. The lowest BCUT2D eigenvalue weighted by Gasteiger charge is -2.32. The lowest BCUT2D eigenvalue weighted by atomic mass is 9.92. The van der Waals surface area contributed by atoms with Gasteiger partial charge in [-0.15, -0.1) is 0 Å². The Kier molecular flexibility index (Phi) is 10.8. The number of hydrogen-bond donors (Lipinski definition) is 2. The predicted molar refractivity (Wildman–Crippen MR) is 158 cm³/mol. The van der Waals surface area contributed by atoms with E-state index in [2.05, 4.69) is 27.7 Å². The molecule has 2 N–H and O–H groups in total. The molecule has 7 nitrogen and oxygen atoms in total. The maximum Gasteiger partial charge on any atom is 0.251 e. The molecule has 0 bridgehead atoms. The molecule has 0 spiro atoms. The second-order valence-electron chi connectivity index (χ2n) is 10.2. The van der Waals surface area contributed by atoms with Crippen LogP contribution in [0.1, 0.15) is 52.7 Å². The number of carbonyl (C=O) groups is 2. The number of likely N-dealkylation sites (tertiary alicyclic amines) is 1. The van der Waals surface area contributed by atoms with Gasteiger partial charge in [-0.25, -0.2) is 0 Å². The van der Waals surface area contributed by atoms with Gasteiger partial charge in [0.2, 0.25) is 5.91 Å². The SMILES string of the molecule is COc1ccc(CNC(=O)c2ccc(CNC(=O)CCC3CCN(Cc4ccc(Cl)cc4)CC3)cc2)cc1OC. The van der Waals surface area contributed by atoms with E-state index in [1.807, 2.05) is 42.5 Å². The summed E-state index contributed by atoms with van der Waals surface area (Å²) in [7, 11) is 3.17. The lowest BCUT2D eigenvalue weighted by Crippen LogP contribution is -2.33. The van der Waals surface area contributed by atoms with E-state index in [-0.39, 0.29) is 11.8 Å². The molecule has 212 valence electrons. The Balaban J connectivity index is 1.13. The van der Waals surface area contributed by atoms with Gasteiger partial charge < -0.3 is 20.1 Å². The third kappa shape index (κ3) is 8.73. The first-order valence-electron chi connectivity index (χ1n) is 13.7. The molecule has 1 heterocycles. The summed E-state index contributed by atoms with van der Waals surface area (Å²) in [6.45, 7) is 3.89. The van der Waals surface area contributed by atoms with Crippen LogP contribution in [0.15, 0.2) is 66.7 Å².